The predicted octanol–water partition coefficient (Wildman–Crippen LogP) is 1.13. The number of benzene rings is 1. The molecule has 0 aromatic heterocycles. The van der Waals surface area contributed by atoms with Gasteiger partial charge in [0.1, 0.15) is 0 Å². The predicted molar refractivity (Wildman–Crippen MR) is 83.5 cm³/mol. The van der Waals surface area contributed by atoms with Crippen molar-refractivity contribution in [1.29, 1.82) is 0 Å². The maximum atomic E-state index is 12.0. The van der Waals surface area contributed by atoms with Crippen LogP contribution in [0.3, 0.4) is 0 Å². The molecule has 0 aliphatic carbocycles. The molecule has 0 fully saturated rings. The van der Waals surface area contributed by atoms with Gasteiger partial charge in [0.25, 0.3) is 5.91 Å². The van der Waals surface area contributed by atoms with E-state index < -0.39 is 6.10 Å². The van der Waals surface area contributed by atoms with Gasteiger partial charge in [-0.3, -0.25) is 9.59 Å². The second-order valence-electron chi connectivity index (χ2n) is 5.27. The number of oxime groups is 1. The molecule has 1 aromatic rings. The normalized spacial score (nSPS) is 16.6. The molecule has 22 heavy (non-hydrogen) atoms. The summed E-state index contributed by atoms with van der Waals surface area (Å²) < 4.78 is 0. The zero-order chi connectivity index (χ0) is 15.9. The summed E-state index contributed by atoms with van der Waals surface area (Å²) in [4.78, 5) is 28.6. The van der Waals surface area contributed by atoms with Crippen LogP contribution >= 0.6 is 0 Å². The van der Waals surface area contributed by atoms with E-state index >= 15 is 0 Å². The van der Waals surface area contributed by atoms with E-state index in [0.29, 0.717) is 13.0 Å². The third kappa shape index (κ3) is 4.31. The number of hydrogen-bond acceptors (Lipinski definition) is 4. The van der Waals surface area contributed by atoms with Crippen molar-refractivity contribution in [3.63, 3.8) is 0 Å². The first-order chi connectivity index (χ1) is 10.6. The summed E-state index contributed by atoms with van der Waals surface area (Å²) in [5.74, 6) is -0.523. The monoisotopic (exact) mass is 303 g/mol. The van der Waals surface area contributed by atoms with E-state index in [1.54, 1.807) is 0 Å². The van der Waals surface area contributed by atoms with E-state index in [4.69, 9.17) is 4.84 Å². The third-order valence-corrected chi connectivity index (χ3v) is 3.34. The first-order valence-corrected chi connectivity index (χ1v) is 7.44. The summed E-state index contributed by atoms with van der Waals surface area (Å²) in [6.45, 7) is 4.54. The Labute approximate surface area is 129 Å². The van der Waals surface area contributed by atoms with E-state index in [1.165, 1.54) is 0 Å². The van der Waals surface area contributed by atoms with Crippen LogP contribution in [0.5, 0.6) is 0 Å². The largest absolute Gasteiger partial charge is 0.382 e. The number of hydrogen-bond donors (Lipinski definition) is 2. The Bertz CT molecular complexity index is 567. The number of carbonyl (C=O) groups excluding carboxylic acids is 2. The van der Waals surface area contributed by atoms with Crippen molar-refractivity contribution >= 4 is 17.5 Å². The minimum Gasteiger partial charge on any atom is -0.382 e. The average Bonchev–Trinajstić information content (AvgIpc) is 3.01. The Morgan fingerprint density at radius 3 is 2.68 bits per heavy atom. The van der Waals surface area contributed by atoms with E-state index in [0.717, 1.165) is 23.3 Å². The highest BCUT2D eigenvalue weighted by atomic mass is 16.6. The summed E-state index contributed by atoms with van der Waals surface area (Å²) in [6, 6.07) is 7.89. The van der Waals surface area contributed by atoms with E-state index in [1.807, 2.05) is 38.1 Å². The molecular formula is C16H21N3O3. The van der Waals surface area contributed by atoms with Crippen LogP contribution in [-0.4, -0.2) is 36.7 Å². The number of amides is 2. The molecule has 6 heteroatoms. The van der Waals surface area contributed by atoms with Gasteiger partial charge in [0.05, 0.1) is 12.3 Å². The molecule has 0 radical (unpaired) electrons. The van der Waals surface area contributed by atoms with Crippen LogP contribution in [0.2, 0.25) is 0 Å². The molecule has 1 heterocycles. The smallest absolute Gasteiger partial charge is 0.264 e. The summed E-state index contributed by atoms with van der Waals surface area (Å²) in [7, 11) is 0. The molecule has 1 atom stereocenters. The van der Waals surface area contributed by atoms with Gasteiger partial charge in [-0.2, -0.15) is 0 Å². The number of carbonyl (C=O) groups is 2. The molecule has 0 spiro atoms. The quantitative estimate of drug-likeness (QED) is 0.827. The second kappa shape index (κ2) is 7.59. The second-order valence-corrected chi connectivity index (χ2v) is 5.27. The maximum absolute atomic E-state index is 12.0. The molecule has 2 N–H and O–H groups in total. The number of nitrogens with zero attached hydrogens (tertiary/aromatic N) is 1. The Morgan fingerprint density at radius 1 is 1.27 bits per heavy atom. The van der Waals surface area contributed by atoms with Gasteiger partial charge in [-0.25, -0.2) is 0 Å². The SMILES string of the molecule is CCCNC(=O)CNC(=O)C1CC(c2ccc(C)cc2)=NO1. The van der Waals surface area contributed by atoms with Crippen molar-refractivity contribution < 1.29 is 14.4 Å². The lowest BCUT2D eigenvalue weighted by atomic mass is 10.0. The van der Waals surface area contributed by atoms with E-state index in [-0.39, 0.29) is 18.4 Å². The fraction of sp³-hybridized carbons (Fsp3) is 0.438. The van der Waals surface area contributed by atoms with Crippen molar-refractivity contribution in [2.45, 2.75) is 32.8 Å². The van der Waals surface area contributed by atoms with Crippen LogP contribution in [0.25, 0.3) is 0 Å². The first kappa shape index (κ1) is 16.0. The van der Waals surface area contributed by atoms with Crippen LogP contribution in [0, 0.1) is 6.92 Å². The number of nitrogens with one attached hydrogen (secondary N) is 2. The highest BCUT2D eigenvalue weighted by molar-refractivity contribution is 6.04. The Morgan fingerprint density at radius 2 is 2.00 bits per heavy atom. The molecule has 2 rings (SSSR count). The van der Waals surface area contributed by atoms with Gasteiger partial charge >= 0.3 is 0 Å². The molecule has 0 bridgehead atoms. The lowest BCUT2D eigenvalue weighted by Crippen LogP contribution is -2.41. The summed E-state index contributed by atoms with van der Waals surface area (Å²) in [6.07, 6.45) is 0.597. The van der Waals surface area contributed by atoms with Crippen molar-refractivity contribution in [3.05, 3.63) is 35.4 Å². The standard InChI is InChI=1S/C16H21N3O3/c1-3-8-17-15(20)10-18-16(21)14-9-13(19-22-14)12-6-4-11(2)5-7-12/h4-7,14H,3,8-10H2,1-2H3,(H,17,20)(H,18,21). The fourth-order valence-electron chi connectivity index (χ4n) is 2.04. The summed E-state index contributed by atoms with van der Waals surface area (Å²) >= 11 is 0. The van der Waals surface area contributed by atoms with Crippen molar-refractivity contribution in [2.75, 3.05) is 13.1 Å². The minimum absolute atomic E-state index is 0.0431. The maximum Gasteiger partial charge on any atom is 0.264 e. The highest BCUT2D eigenvalue weighted by Crippen LogP contribution is 2.17. The lowest BCUT2D eigenvalue weighted by Gasteiger charge is -2.09. The van der Waals surface area contributed by atoms with Crippen LogP contribution < -0.4 is 10.6 Å². The van der Waals surface area contributed by atoms with Gasteiger partial charge in [-0.1, -0.05) is 41.9 Å². The molecule has 118 valence electrons. The number of aryl methyl sites for hydroxylation is 1. The molecule has 0 saturated heterocycles. The third-order valence-electron chi connectivity index (χ3n) is 3.34. The van der Waals surface area contributed by atoms with Crippen LogP contribution in [0.4, 0.5) is 0 Å². The van der Waals surface area contributed by atoms with Gasteiger partial charge in [0.2, 0.25) is 12.0 Å². The summed E-state index contributed by atoms with van der Waals surface area (Å²) in [5, 5.41) is 9.23. The lowest BCUT2D eigenvalue weighted by molar-refractivity contribution is -0.133. The minimum atomic E-state index is -0.671. The van der Waals surface area contributed by atoms with Crippen molar-refractivity contribution in [1.82, 2.24) is 10.6 Å². The molecule has 6 nitrogen and oxygen atoms in total. The van der Waals surface area contributed by atoms with Crippen molar-refractivity contribution in [2.24, 2.45) is 5.16 Å². The van der Waals surface area contributed by atoms with Gasteiger partial charge in [-0.05, 0) is 18.9 Å². The topological polar surface area (TPSA) is 79.8 Å². The van der Waals surface area contributed by atoms with Crippen LogP contribution in [0.1, 0.15) is 30.9 Å². The molecular weight excluding hydrogens is 282 g/mol. The molecule has 1 aromatic carbocycles. The van der Waals surface area contributed by atoms with Gasteiger partial charge in [-0.15, -0.1) is 0 Å². The molecule has 1 aliphatic heterocycles. The van der Waals surface area contributed by atoms with Crippen LogP contribution in [-0.2, 0) is 14.4 Å². The Kier molecular flexibility index (Phi) is 5.52. The van der Waals surface area contributed by atoms with E-state index in [9.17, 15) is 9.59 Å². The Balaban J connectivity index is 1.80. The Hall–Kier alpha value is -2.37. The summed E-state index contributed by atoms with van der Waals surface area (Å²) in [5.41, 5.74) is 2.85. The zero-order valence-electron chi connectivity index (χ0n) is 12.9. The number of rotatable bonds is 6. The van der Waals surface area contributed by atoms with Gasteiger partial charge in [0, 0.05) is 13.0 Å². The van der Waals surface area contributed by atoms with Gasteiger partial charge in [0.15, 0.2) is 0 Å². The van der Waals surface area contributed by atoms with Gasteiger partial charge < -0.3 is 15.5 Å². The average molecular weight is 303 g/mol. The molecule has 0 saturated carbocycles. The molecule has 1 unspecified atom stereocenters. The van der Waals surface area contributed by atoms with E-state index in [2.05, 4.69) is 15.8 Å². The molecule has 2 amide bonds. The zero-order valence-corrected chi connectivity index (χ0v) is 12.9. The highest BCUT2D eigenvalue weighted by Gasteiger charge is 2.28. The fourth-order valence-corrected chi connectivity index (χ4v) is 2.04. The van der Waals surface area contributed by atoms with Crippen molar-refractivity contribution in [3.8, 4) is 0 Å². The van der Waals surface area contributed by atoms with Crippen LogP contribution in [0.15, 0.2) is 29.4 Å². The molecule has 1 aliphatic rings. The first-order valence-electron chi connectivity index (χ1n) is 7.44.